The van der Waals surface area contributed by atoms with Crippen molar-refractivity contribution in [2.45, 2.75) is 114 Å². The Bertz CT molecular complexity index is 1500. The molecule has 43 heavy (non-hydrogen) atoms. The van der Waals surface area contributed by atoms with Crippen molar-refractivity contribution in [1.29, 1.82) is 0 Å². The van der Waals surface area contributed by atoms with E-state index in [1.807, 2.05) is 0 Å². The summed E-state index contributed by atoms with van der Waals surface area (Å²) in [5.74, 6) is 0.642. The number of hydrogen-bond donors (Lipinski definition) is 1. The first-order valence-electron chi connectivity index (χ1n) is 15.4. The van der Waals surface area contributed by atoms with E-state index < -0.39 is 35.7 Å². The number of amides is 1. The summed E-state index contributed by atoms with van der Waals surface area (Å²) < 4.78 is 52.9. The summed E-state index contributed by atoms with van der Waals surface area (Å²) in [4.78, 5) is 24.8. The van der Waals surface area contributed by atoms with E-state index in [4.69, 9.17) is 14.3 Å². The van der Waals surface area contributed by atoms with Crippen molar-refractivity contribution in [2.24, 2.45) is 4.99 Å². The van der Waals surface area contributed by atoms with Gasteiger partial charge in [-0.25, -0.2) is 4.98 Å². The molecule has 1 N–H and O–H groups in total. The van der Waals surface area contributed by atoms with Gasteiger partial charge >= 0.3 is 13.3 Å². The Morgan fingerprint density at radius 1 is 1.00 bits per heavy atom. The Balaban J connectivity index is 1.17. The average Bonchev–Trinajstić information content (AvgIpc) is 3.85. The van der Waals surface area contributed by atoms with Crippen molar-refractivity contribution < 1.29 is 27.3 Å². The number of piperidine rings is 1. The number of benzene rings is 1. The fourth-order valence-electron chi connectivity index (χ4n) is 6.71. The average molecular weight is 594 g/mol. The van der Waals surface area contributed by atoms with Gasteiger partial charge in [-0.15, -0.1) is 0 Å². The Morgan fingerprint density at radius 3 is 2.28 bits per heavy atom. The molecule has 4 fully saturated rings. The van der Waals surface area contributed by atoms with Crippen molar-refractivity contribution in [3.05, 3.63) is 52.8 Å². The number of amidine groups is 1. The van der Waals surface area contributed by atoms with Gasteiger partial charge in [0.15, 0.2) is 0 Å². The number of pyridine rings is 1. The summed E-state index contributed by atoms with van der Waals surface area (Å²) in [5.41, 5.74) is 1.58. The van der Waals surface area contributed by atoms with Crippen molar-refractivity contribution in [3.63, 3.8) is 0 Å². The van der Waals surface area contributed by atoms with E-state index in [9.17, 15) is 18.0 Å². The van der Waals surface area contributed by atoms with Crippen molar-refractivity contribution in [1.82, 2.24) is 10.3 Å². The molecule has 2 aliphatic carbocycles. The molecule has 5 aliphatic rings. The molecule has 7 rings (SSSR count). The number of aromatic nitrogens is 1. The lowest BCUT2D eigenvalue weighted by Crippen LogP contribution is -2.53. The van der Waals surface area contributed by atoms with Crippen LogP contribution in [0.3, 0.4) is 0 Å². The number of hydrogen-bond acceptors (Lipinski definition) is 6. The molecule has 3 aliphatic heterocycles. The second kappa shape index (κ2) is 9.54. The summed E-state index contributed by atoms with van der Waals surface area (Å²) in [6.07, 6.45) is 0.378. The monoisotopic (exact) mass is 594 g/mol. The molecule has 1 spiro atoms. The summed E-state index contributed by atoms with van der Waals surface area (Å²) in [7, 11) is -0.464. The molecule has 1 amide bonds. The molecule has 11 heteroatoms. The largest absolute Gasteiger partial charge is 0.494 e. The van der Waals surface area contributed by atoms with E-state index in [1.54, 1.807) is 0 Å². The molecular weight excluding hydrogens is 556 g/mol. The third-order valence-corrected chi connectivity index (χ3v) is 10.3. The number of carbonyl (C=O) groups excluding carboxylic acids is 1. The number of alkyl halides is 3. The zero-order valence-corrected chi connectivity index (χ0v) is 25.3. The van der Waals surface area contributed by atoms with E-state index in [0.29, 0.717) is 42.4 Å². The lowest BCUT2D eigenvalue weighted by molar-refractivity contribution is -0.141. The summed E-state index contributed by atoms with van der Waals surface area (Å²) in [5, 5.41) is 2.93. The molecule has 2 atom stereocenters. The first-order chi connectivity index (χ1) is 20.2. The number of nitrogens with one attached hydrogen (secondary N) is 1. The van der Waals surface area contributed by atoms with Crippen LogP contribution in [0.5, 0.6) is 0 Å². The molecule has 2 aromatic rings. The number of halogens is 3. The van der Waals surface area contributed by atoms with Gasteiger partial charge in [-0.2, -0.15) is 13.2 Å². The van der Waals surface area contributed by atoms with Gasteiger partial charge in [-0.3, -0.25) is 9.79 Å². The minimum atomic E-state index is -4.52. The lowest BCUT2D eigenvalue weighted by atomic mass is 9.77. The predicted molar refractivity (Wildman–Crippen MR) is 159 cm³/mol. The third-order valence-electron chi connectivity index (χ3n) is 10.3. The van der Waals surface area contributed by atoms with Crippen LogP contribution in [-0.2, 0) is 20.3 Å². The van der Waals surface area contributed by atoms with Gasteiger partial charge in [0.1, 0.15) is 17.1 Å². The Morgan fingerprint density at radius 2 is 1.67 bits per heavy atom. The second-order valence-electron chi connectivity index (χ2n) is 14.0. The van der Waals surface area contributed by atoms with E-state index >= 15 is 0 Å². The highest BCUT2D eigenvalue weighted by Crippen LogP contribution is 2.47. The smallest absolute Gasteiger partial charge is 0.399 e. The fourth-order valence-corrected chi connectivity index (χ4v) is 6.71. The quantitative estimate of drug-likeness (QED) is 0.466. The van der Waals surface area contributed by atoms with Crippen LogP contribution in [0.15, 0.2) is 35.3 Å². The molecular formula is C32H38BF3N4O3. The van der Waals surface area contributed by atoms with Crippen molar-refractivity contribution in [3.8, 4) is 0 Å². The van der Waals surface area contributed by atoms with Crippen molar-refractivity contribution in [2.75, 3.05) is 11.4 Å². The zero-order chi connectivity index (χ0) is 30.5. The molecule has 0 unspecified atom stereocenters. The van der Waals surface area contributed by atoms with Gasteiger partial charge in [0.2, 0.25) is 0 Å². The third kappa shape index (κ3) is 4.96. The molecule has 1 aromatic heterocycles. The molecule has 4 heterocycles. The highest BCUT2D eigenvalue weighted by molar-refractivity contribution is 6.62. The molecule has 2 saturated carbocycles. The van der Waals surface area contributed by atoms with Crippen LogP contribution in [0.4, 0.5) is 18.9 Å². The van der Waals surface area contributed by atoms with E-state index in [-0.39, 0.29) is 17.9 Å². The van der Waals surface area contributed by atoms with Crippen LogP contribution < -0.4 is 15.7 Å². The van der Waals surface area contributed by atoms with Gasteiger partial charge in [0.05, 0.1) is 16.9 Å². The molecule has 7 nitrogen and oxygen atoms in total. The molecule has 0 radical (unpaired) electrons. The van der Waals surface area contributed by atoms with E-state index in [1.165, 1.54) is 11.6 Å². The predicted octanol–water partition coefficient (Wildman–Crippen LogP) is 5.46. The van der Waals surface area contributed by atoms with E-state index in [0.717, 1.165) is 42.9 Å². The molecule has 2 saturated heterocycles. The van der Waals surface area contributed by atoms with Gasteiger partial charge in [0.25, 0.3) is 5.91 Å². The number of nitrogens with zero attached hydrogens (tertiary/aromatic N) is 3. The minimum absolute atomic E-state index is 0.00211. The summed E-state index contributed by atoms with van der Waals surface area (Å²) in [6.45, 7) is 10.9. The van der Waals surface area contributed by atoms with E-state index in [2.05, 4.69) is 68.0 Å². The molecule has 1 aromatic carbocycles. The zero-order valence-electron chi connectivity index (χ0n) is 25.3. The maximum absolute atomic E-state index is 13.5. The number of carbonyl (C=O) groups is 1. The van der Waals surface area contributed by atoms with Gasteiger partial charge in [-0.05, 0) is 102 Å². The van der Waals surface area contributed by atoms with Crippen LogP contribution in [0.25, 0.3) is 0 Å². The Kier molecular flexibility index (Phi) is 6.40. The Labute approximate surface area is 250 Å². The first kappa shape index (κ1) is 28.8. The second-order valence-corrected chi connectivity index (χ2v) is 14.0. The number of aliphatic imine (C=N–C) groups is 1. The standard InChI is InChI=1S/C32H38BF3N4O3/c1-18-17-31(28(41)38-27(39-31)23-12-13-25(32(34,35)36)37-26(23)20-8-9-20)14-15-40(18)24-16-21(10-11-22(24)19-6-7-19)33-42-29(2,3)30(4,5)43-33/h10-13,16,18-20H,6-9,14-15,17H2,1-5H3,(H,38,39,41)/t18-,31+/m0/s1. The molecule has 228 valence electrons. The number of rotatable bonds is 5. The van der Waals surface area contributed by atoms with Crippen LogP contribution >= 0.6 is 0 Å². The topological polar surface area (TPSA) is 76.1 Å². The minimum Gasteiger partial charge on any atom is -0.399 e. The van der Waals surface area contributed by atoms with Gasteiger partial charge < -0.3 is 19.5 Å². The lowest BCUT2D eigenvalue weighted by Gasteiger charge is -2.43. The highest BCUT2D eigenvalue weighted by atomic mass is 19.4. The fraction of sp³-hybridized carbons (Fsp3) is 0.594. The normalized spacial score (nSPS) is 28.4. The maximum atomic E-state index is 13.5. The summed E-state index contributed by atoms with van der Waals surface area (Å²) in [6, 6.07) is 8.93. The van der Waals surface area contributed by atoms with Crippen LogP contribution in [-0.4, -0.2) is 53.2 Å². The van der Waals surface area contributed by atoms with Gasteiger partial charge in [0, 0.05) is 36.2 Å². The number of anilines is 1. The van der Waals surface area contributed by atoms with Gasteiger partial charge in [-0.1, -0.05) is 12.1 Å². The Hall–Kier alpha value is -2.92. The van der Waals surface area contributed by atoms with Crippen LogP contribution in [0.2, 0.25) is 0 Å². The van der Waals surface area contributed by atoms with Crippen LogP contribution in [0, 0.1) is 0 Å². The van der Waals surface area contributed by atoms with Crippen LogP contribution in [0.1, 0.15) is 107 Å². The first-order valence-corrected chi connectivity index (χ1v) is 15.4. The summed E-state index contributed by atoms with van der Waals surface area (Å²) >= 11 is 0. The SMILES string of the molecule is C[C@H]1C[C@@]2(CCN1c1cc(B3OC(C)(C)C(C)(C)O3)ccc1C1CC1)N=C(c1ccc(C(F)(F)F)nc1C1CC1)NC2=O. The maximum Gasteiger partial charge on any atom is 0.494 e. The highest BCUT2D eigenvalue weighted by Gasteiger charge is 2.53. The van der Waals surface area contributed by atoms with Crippen molar-refractivity contribution >= 4 is 30.0 Å². The molecule has 0 bridgehead atoms.